The Hall–Kier alpha value is -4.75. The minimum absolute atomic E-state index is 0.00662. The molecule has 6 rings (SSSR count). The molecule has 0 radical (unpaired) electrons. The predicted octanol–water partition coefficient (Wildman–Crippen LogP) is 1.37. The van der Waals surface area contributed by atoms with Gasteiger partial charge in [-0.3, -0.25) is 38.6 Å². The topological polar surface area (TPSA) is 151 Å². The molecule has 4 aliphatic rings. The fourth-order valence-electron chi connectivity index (χ4n) is 6.19. The van der Waals surface area contributed by atoms with Crippen LogP contribution in [-0.4, -0.2) is 120 Å². The van der Waals surface area contributed by atoms with Gasteiger partial charge in [0.1, 0.15) is 6.29 Å². The van der Waals surface area contributed by atoms with E-state index in [1.807, 2.05) is 0 Å². The minimum atomic E-state index is -0.531. The highest BCUT2D eigenvalue weighted by molar-refractivity contribution is 6.22. The molecule has 0 bridgehead atoms. The molecule has 0 N–H and O–H groups in total. The Kier molecular flexibility index (Phi) is 9.49. The third-order valence-corrected chi connectivity index (χ3v) is 8.59. The average Bonchev–Trinajstić information content (AvgIpc) is 3.73. The summed E-state index contributed by atoms with van der Waals surface area (Å²) in [5, 5.41) is 0. The molecule has 4 aliphatic heterocycles. The molecule has 2 aromatic carbocycles. The number of methoxy groups -OCH3 is 2. The van der Waals surface area contributed by atoms with Gasteiger partial charge in [0.15, 0.2) is 6.29 Å². The van der Waals surface area contributed by atoms with Crippen molar-refractivity contribution < 1.29 is 43.0 Å². The van der Waals surface area contributed by atoms with Crippen LogP contribution in [0, 0.1) is 0 Å². The van der Waals surface area contributed by atoms with Crippen LogP contribution in [0.1, 0.15) is 67.1 Å². The van der Waals surface area contributed by atoms with Gasteiger partial charge in [-0.05, 0) is 37.1 Å². The summed E-state index contributed by atoms with van der Waals surface area (Å²) in [7, 11) is 3.02. The van der Waals surface area contributed by atoms with Gasteiger partial charge in [-0.25, -0.2) is 0 Å². The number of carbonyl (C=O) groups is 7. The first-order chi connectivity index (χ1) is 21.7. The Morgan fingerprint density at radius 1 is 0.667 bits per heavy atom. The average molecular weight is 619 g/mol. The molecule has 4 heterocycles. The molecule has 6 amide bonds. The van der Waals surface area contributed by atoms with Gasteiger partial charge in [0.05, 0.1) is 47.4 Å². The minimum Gasteiger partial charge on any atom is -0.354 e. The van der Waals surface area contributed by atoms with Crippen molar-refractivity contribution in [1.29, 1.82) is 0 Å². The first kappa shape index (κ1) is 31.7. The Bertz CT molecular complexity index is 1470. The summed E-state index contributed by atoms with van der Waals surface area (Å²) in [4.78, 5) is 89.5. The third kappa shape index (κ3) is 6.13. The van der Waals surface area contributed by atoms with Gasteiger partial charge in [0.2, 0.25) is 11.8 Å². The van der Waals surface area contributed by atoms with E-state index in [2.05, 4.69) is 0 Å². The van der Waals surface area contributed by atoms with E-state index in [-0.39, 0.29) is 73.7 Å². The quantitative estimate of drug-likeness (QED) is 0.218. The lowest BCUT2D eigenvalue weighted by Crippen LogP contribution is -2.47. The van der Waals surface area contributed by atoms with Crippen molar-refractivity contribution in [2.75, 3.05) is 40.4 Å². The summed E-state index contributed by atoms with van der Waals surface area (Å²) >= 11 is 0. The van der Waals surface area contributed by atoms with Crippen molar-refractivity contribution in [2.45, 2.75) is 44.1 Å². The molecule has 0 saturated carbocycles. The van der Waals surface area contributed by atoms with E-state index in [9.17, 15) is 33.6 Å². The molecule has 0 unspecified atom stereocenters. The largest absolute Gasteiger partial charge is 0.354 e. The maximum Gasteiger partial charge on any atom is 0.261 e. The van der Waals surface area contributed by atoms with Crippen molar-refractivity contribution in [3.63, 3.8) is 0 Å². The van der Waals surface area contributed by atoms with E-state index >= 15 is 0 Å². The van der Waals surface area contributed by atoms with Crippen molar-refractivity contribution in [2.24, 2.45) is 0 Å². The number of imide groups is 2. The highest BCUT2D eigenvalue weighted by Gasteiger charge is 2.42. The third-order valence-electron chi connectivity index (χ3n) is 8.59. The fourth-order valence-corrected chi connectivity index (χ4v) is 6.19. The molecule has 2 saturated heterocycles. The first-order valence-electron chi connectivity index (χ1n) is 14.7. The lowest BCUT2D eigenvalue weighted by Gasteiger charge is -2.30. The standard InChI is InChI=1S/C17H20N2O5.C15H14N2O4/c1-23-15(24-2)10-18-11(7-8-14(18)20)9-19-16(21)12-5-3-4-6-13(12)17(19)22;18-8-7-16-10(5-6-13(16)19)9-17-14(20)11-3-1-2-4-12(11)15(17)21/h3-6,11,15H,7-10H2,1-2H3;1-4,8,10H,5-7,9H2/t11-;10-/m00/s1. The van der Waals surface area contributed by atoms with Crippen molar-refractivity contribution in [3.8, 4) is 0 Å². The molecular weight excluding hydrogens is 584 g/mol. The van der Waals surface area contributed by atoms with Crippen molar-refractivity contribution >= 4 is 41.7 Å². The van der Waals surface area contributed by atoms with Crippen molar-refractivity contribution in [3.05, 3.63) is 70.8 Å². The zero-order valence-corrected chi connectivity index (χ0v) is 25.0. The Morgan fingerprint density at radius 2 is 1.04 bits per heavy atom. The number of ether oxygens (including phenoxy) is 2. The van der Waals surface area contributed by atoms with Crippen molar-refractivity contribution in [1.82, 2.24) is 19.6 Å². The second-order valence-corrected chi connectivity index (χ2v) is 11.1. The van der Waals surface area contributed by atoms with E-state index < -0.39 is 6.29 Å². The molecule has 13 nitrogen and oxygen atoms in total. The zero-order valence-electron chi connectivity index (χ0n) is 25.0. The van der Waals surface area contributed by atoms with Crippen LogP contribution in [0.4, 0.5) is 0 Å². The number of aldehydes is 1. The maximum atomic E-state index is 12.5. The summed E-state index contributed by atoms with van der Waals surface area (Å²) in [6.07, 6.45) is 2.04. The number of rotatable bonds is 10. The van der Waals surface area contributed by atoms with Crippen LogP contribution in [0.5, 0.6) is 0 Å². The van der Waals surface area contributed by atoms with Crippen LogP contribution in [-0.2, 0) is 23.9 Å². The van der Waals surface area contributed by atoms with Gasteiger partial charge >= 0.3 is 0 Å². The van der Waals surface area contributed by atoms with Gasteiger partial charge in [-0.2, -0.15) is 0 Å². The SMILES string of the molecule is COC(CN1C(=O)CC[C@H]1CN1C(=O)c2ccccc2C1=O)OC.O=CCN1C(=O)CC[C@H]1CN1C(=O)c2ccccc2C1=O. The molecule has 0 aromatic heterocycles. The second-order valence-electron chi connectivity index (χ2n) is 11.1. The van der Waals surface area contributed by atoms with Crippen LogP contribution in [0.15, 0.2) is 48.5 Å². The van der Waals surface area contributed by atoms with Gasteiger partial charge in [0.25, 0.3) is 23.6 Å². The number of hydrogen-bond acceptors (Lipinski definition) is 9. The molecule has 2 fully saturated rings. The summed E-state index contributed by atoms with van der Waals surface area (Å²) in [5.41, 5.74) is 1.64. The van der Waals surface area contributed by atoms with Crippen LogP contribution >= 0.6 is 0 Å². The molecule has 0 spiro atoms. The Balaban J connectivity index is 0.000000179. The van der Waals surface area contributed by atoms with Crippen LogP contribution in [0.2, 0.25) is 0 Å². The lowest BCUT2D eigenvalue weighted by atomic mass is 10.1. The number of benzene rings is 2. The highest BCUT2D eigenvalue weighted by Crippen LogP contribution is 2.28. The van der Waals surface area contributed by atoms with E-state index in [1.165, 1.54) is 28.9 Å². The summed E-state index contributed by atoms with van der Waals surface area (Å²) < 4.78 is 10.3. The Morgan fingerprint density at radius 3 is 1.42 bits per heavy atom. The van der Waals surface area contributed by atoms with E-state index in [4.69, 9.17) is 9.47 Å². The monoisotopic (exact) mass is 618 g/mol. The molecular formula is C32H34N4O9. The molecule has 13 heteroatoms. The summed E-state index contributed by atoms with van der Waals surface area (Å²) in [6, 6.07) is 13.0. The molecule has 2 atom stereocenters. The number of amides is 6. The van der Waals surface area contributed by atoms with Gasteiger partial charge < -0.3 is 24.1 Å². The number of likely N-dealkylation sites (tertiary alicyclic amines) is 2. The zero-order chi connectivity index (χ0) is 32.2. The smallest absolute Gasteiger partial charge is 0.261 e. The number of hydrogen-bond donors (Lipinski definition) is 0. The number of nitrogens with zero attached hydrogens (tertiary/aromatic N) is 4. The maximum absolute atomic E-state index is 12.5. The lowest BCUT2D eigenvalue weighted by molar-refractivity contribution is -0.144. The van der Waals surface area contributed by atoms with Gasteiger partial charge in [0, 0.05) is 40.2 Å². The number of fused-ring (bicyclic) bond motifs is 2. The van der Waals surface area contributed by atoms with E-state index in [1.54, 1.807) is 53.4 Å². The van der Waals surface area contributed by atoms with E-state index in [0.717, 1.165) is 0 Å². The molecule has 0 aliphatic carbocycles. The van der Waals surface area contributed by atoms with Crippen LogP contribution in [0.3, 0.4) is 0 Å². The molecule has 45 heavy (non-hydrogen) atoms. The molecule has 2 aromatic rings. The fraction of sp³-hybridized carbons (Fsp3) is 0.406. The normalized spacial score (nSPS) is 20.8. The number of carbonyl (C=O) groups excluding carboxylic acids is 7. The van der Waals surface area contributed by atoms with Crippen LogP contribution in [0.25, 0.3) is 0 Å². The van der Waals surface area contributed by atoms with Gasteiger partial charge in [-0.1, -0.05) is 24.3 Å². The van der Waals surface area contributed by atoms with E-state index in [0.29, 0.717) is 54.2 Å². The molecule has 236 valence electrons. The summed E-state index contributed by atoms with van der Waals surface area (Å²) in [6.45, 7) is 0.622. The summed E-state index contributed by atoms with van der Waals surface area (Å²) in [5.74, 6) is -1.39. The Labute approximate surface area is 259 Å². The first-order valence-corrected chi connectivity index (χ1v) is 14.7. The second kappa shape index (κ2) is 13.5. The predicted molar refractivity (Wildman–Crippen MR) is 157 cm³/mol. The van der Waals surface area contributed by atoms with Crippen LogP contribution < -0.4 is 0 Å². The highest BCUT2D eigenvalue weighted by atomic mass is 16.7. The van der Waals surface area contributed by atoms with Gasteiger partial charge in [-0.15, -0.1) is 0 Å².